The fourth-order valence-electron chi connectivity index (χ4n) is 1.75. The van der Waals surface area contributed by atoms with E-state index in [9.17, 15) is 0 Å². The predicted octanol–water partition coefficient (Wildman–Crippen LogP) is 2.92. The summed E-state index contributed by atoms with van der Waals surface area (Å²) in [7, 11) is 1.99. The maximum absolute atomic E-state index is 6.15. The van der Waals surface area contributed by atoms with Gasteiger partial charge in [0.2, 0.25) is 0 Å². The summed E-state index contributed by atoms with van der Waals surface area (Å²) < 4.78 is 2.01. The van der Waals surface area contributed by atoms with Crippen LogP contribution in [0.2, 0.25) is 5.02 Å². The van der Waals surface area contributed by atoms with Crippen LogP contribution in [0.25, 0.3) is 0 Å². The number of nitrogens with one attached hydrogen (secondary N) is 1. The van der Waals surface area contributed by atoms with Gasteiger partial charge in [0.25, 0.3) is 0 Å². The van der Waals surface area contributed by atoms with Gasteiger partial charge in [0.15, 0.2) is 0 Å². The number of imidazole rings is 1. The Hall–Kier alpha value is -1.32. The van der Waals surface area contributed by atoms with Crippen molar-refractivity contribution in [3.05, 3.63) is 53.1 Å². The van der Waals surface area contributed by atoms with E-state index in [1.807, 2.05) is 42.1 Å². The number of aromatic nitrogens is 2. The fraction of sp³-hybridized carbons (Fsp3) is 0.308. The Morgan fingerprint density at radius 3 is 2.82 bits per heavy atom. The molecule has 0 amide bonds. The minimum Gasteiger partial charge on any atom is -0.337 e. The molecular formula is C13H16ClN3. The smallest absolute Gasteiger partial charge is 0.122 e. The highest BCUT2D eigenvalue weighted by Crippen LogP contribution is 2.22. The SMILES string of the molecule is C[C@@H](NCc1nccn1C)c1ccccc1Cl. The zero-order chi connectivity index (χ0) is 12.3. The van der Waals surface area contributed by atoms with Gasteiger partial charge in [-0.25, -0.2) is 4.98 Å². The number of halogens is 1. The summed E-state index contributed by atoms with van der Waals surface area (Å²) >= 11 is 6.15. The largest absolute Gasteiger partial charge is 0.337 e. The molecule has 1 aromatic carbocycles. The third-order valence-electron chi connectivity index (χ3n) is 2.86. The van der Waals surface area contributed by atoms with Crippen molar-refractivity contribution in [1.82, 2.24) is 14.9 Å². The molecule has 2 aromatic rings. The third-order valence-corrected chi connectivity index (χ3v) is 3.20. The van der Waals surface area contributed by atoms with Crippen LogP contribution in [0.15, 0.2) is 36.7 Å². The number of rotatable bonds is 4. The van der Waals surface area contributed by atoms with E-state index < -0.39 is 0 Å². The van der Waals surface area contributed by atoms with Gasteiger partial charge in [-0.1, -0.05) is 29.8 Å². The van der Waals surface area contributed by atoms with Crippen molar-refractivity contribution >= 4 is 11.6 Å². The summed E-state index contributed by atoms with van der Waals surface area (Å²) in [6.07, 6.45) is 3.74. The van der Waals surface area contributed by atoms with Crippen LogP contribution in [-0.2, 0) is 13.6 Å². The van der Waals surface area contributed by atoms with Gasteiger partial charge in [0.05, 0.1) is 6.54 Å². The summed E-state index contributed by atoms with van der Waals surface area (Å²) in [4.78, 5) is 4.27. The molecule has 4 heteroatoms. The number of aryl methyl sites for hydroxylation is 1. The second-order valence-corrected chi connectivity index (χ2v) is 4.49. The molecule has 0 aliphatic carbocycles. The topological polar surface area (TPSA) is 29.9 Å². The molecule has 0 radical (unpaired) electrons. The standard InChI is InChI=1S/C13H16ClN3/c1-10(11-5-3-4-6-12(11)14)16-9-13-15-7-8-17(13)2/h3-8,10,16H,9H2,1-2H3/t10-/m1/s1. The number of hydrogen-bond donors (Lipinski definition) is 1. The first-order valence-corrected chi connectivity index (χ1v) is 6.00. The van der Waals surface area contributed by atoms with Gasteiger partial charge in [-0.05, 0) is 18.6 Å². The van der Waals surface area contributed by atoms with E-state index in [2.05, 4.69) is 17.2 Å². The van der Waals surface area contributed by atoms with Crippen LogP contribution >= 0.6 is 11.6 Å². The summed E-state index contributed by atoms with van der Waals surface area (Å²) in [5, 5.41) is 4.21. The Bertz CT molecular complexity index is 493. The van der Waals surface area contributed by atoms with Gasteiger partial charge in [-0.15, -0.1) is 0 Å². The van der Waals surface area contributed by atoms with Gasteiger partial charge in [-0.2, -0.15) is 0 Å². The van der Waals surface area contributed by atoms with Crippen molar-refractivity contribution in [3.63, 3.8) is 0 Å². The molecule has 1 N–H and O–H groups in total. The second kappa shape index (κ2) is 5.34. The minimum atomic E-state index is 0.209. The molecule has 0 unspecified atom stereocenters. The summed E-state index contributed by atoms with van der Waals surface area (Å²) in [6, 6.07) is 8.10. The number of hydrogen-bond acceptors (Lipinski definition) is 2. The van der Waals surface area contributed by atoms with Gasteiger partial charge in [-0.3, -0.25) is 0 Å². The van der Waals surface area contributed by atoms with E-state index >= 15 is 0 Å². The fourth-order valence-corrected chi connectivity index (χ4v) is 2.05. The Morgan fingerprint density at radius 1 is 1.41 bits per heavy atom. The molecule has 0 aliphatic heterocycles. The van der Waals surface area contributed by atoms with Gasteiger partial charge >= 0.3 is 0 Å². The molecule has 0 spiro atoms. The van der Waals surface area contributed by atoms with Gasteiger partial charge in [0.1, 0.15) is 5.82 Å². The molecule has 0 fully saturated rings. The number of nitrogens with zero attached hydrogens (tertiary/aromatic N) is 2. The molecule has 0 aliphatic rings. The van der Waals surface area contributed by atoms with Crippen molar-refractivity contribution < 1.29 is 0 Å². The second-order valence-electron chi connectivity index (χ2n) is 4.08. The van der Waals surface area contributed by atoms with E-state index in [-0.39, 0.29) is 6.04 Å². The molecule has 2 rings (SSSR count). The average molecular weight is 250 g/mol. The average Bonchev–Trinajstić information content (AvgIpc) is 2.72. The van der Waals surface area contributed by atoms with Crippen molar-refractivity contribution in [2.75, 3.05) is 0 Å². The van der Waals surface area contributed by atoms with E-state index in [1.165, 1.54) is 0 Å². The van der Waals surface area contributed by atoms with Crippen LogP contribution in [0.4, 0.5) is 0 Å². The first-order chi connectivity index (χ1) is 8.18. The van der Waals surface area contributed by atoms with Crippen molar-refractivity contribution in [1.29, 1.82) is 0 Å². The highest BCUT2D eigenvalue weighted by atomic mass is 35.5. The maximum atomic E-state index is 6.15. The van der Waals surface area contributed by atoms with Gasteiger partial charge < -0.3 is 9.88 Å². The van der Waals surface area contributed by atoms with Crippen LogP contribution < -0.4 is 5.32 Å². The lowest BCUT2D eigenvalue weighted by Crippen LogP contribution is -2.20. The van der Waals surface area contributed by atoms with Crippen LogP contribution in [0, 0.1) is 0 Å². The van der Waals surface area contributed by atoms with Crippen molar-refractivity contribution in [2.45, 2.75) is 19.5 Å². The van der Waals surface area contributed by atoms with E-state index in [0.29, 0.717) is 0 Å². The zero-order valence-corrected chi connectivity index (χ0v) is 10.8. The first-order valence-electron chi connectivity index (χ1n) is 5.62. The van der Waals surface area contributed by atoms with Crippen LogP contribution in [0.1, 0.15) is 24.4 Å². The Labute approximate surface area is 106 Å². The van der Waals surface area contributed by atoms with Crippen molar-refractivity contribution in [3.8, 4) is 0 Å². The van der Waals surface area contributed by atoms with E-state index in [1.54, 1.807) is 6.20 Å². The molecule has 1 aromatic heterocycles. The summed E-state index contributed by atoms with van der Waals surface area (Å²) in [5.74, 6) is 1.02. The van der Waals surface area contributed by atoms with Crippen LogP contribution in [-0.4, -0.2) is 9.55 Å². The Kier molecular flexibility index (Phi) is 3.82. The quantitative estimate of drug-likeness (QED) is 0.903. The lowest BCUT2D eigenvalue weighted by atomic mass is 10.1. The van der Waals surface area contributed by atoms with Crippen molar-refractivity contribution in [2.24, 2.45) is 7.05 Å². The lowest BCUT2D eigenvalue weighted by molar-refractivity contribution is 0.549. The molecule has 1 atom stereocenters. The van der Waals surface area contributed by atoms with E-state index in [4.69, 9.17) is 11.6 Å². The summed E-state index contributed by atoms with van der Waals surface area (Å²) in [5.41, 5.74) is 1.11. The minimum absolute atomic E-state index is 0.209. The Morgan fingerprint density at radius 2 is 2.18 bits per heavy atom. The molecular weight excluding hydrogens is 234 g/mol. The molecule has 0 saturated heterocycles. The maximum Gasteiger partial charge on any atom is 0.122 e. The molecule has 3 nitrogen and oxygen atoms in total. The molecule has 17 heavy (non-hydrogen) atoms. The predicted molar refractivity (Wildman–Crippen MR) is 69.9 cm³/mol. The van der Waals surface area contributed by atoms with E-state index in [0.717, 1.165) is 23.0 Å². The normalized spacial score (nSPS) is 12.6. The zero-order valence-electron chi connectivity index (χ0n) is 10.0. The van der Waals surface area contributed by atoms with Crippen LogP contribution in [0.3, 0.4) is 0 Å². The third kappa shape index (κ3) is 2.87. The highest BCUT2D eigenvalue weighted by Gasteiger charge is 2.09. The monoisotopic (exact) mass is 249 g/mol. The Balaban J connectivity index is 2.01. The first kappa shape index (κ1) is 12.1. The van der Waals surface area contributed by atoms with Gasteiger partial charge in [0, 0.05) is 30.5 Å². The molecule has 0 saturated carbocycles. The van der Waals surface area contributed by atoms with Crippen LogP contribution in [0.5, 0.6) is 0 Å². The molecule has 1 heterocycles. The lowest BCUT2D eigenvalue weighted by Gasteiger charge is -2.15. The highest BCUT2D eigenvalue weighted by molar-refractivity contribution is 6.31. The molecule has 90 valence electrons. The number of benzene rings is 1. The molecule has 0 bridgehead atoms. The summed E-state index contributed by atoms with van der Waals surface area (Å²) in [6.45, 7) is 2.83.